The van der Waals surface area contributed by atoms with Gasteiger partial charge < -0.3 is 10.5 Å². The number of benzene rings is 2. The number of hydrogen-bond acceptors (Lipinski definition) is 2. The van der Waals surface area contributed by atoms with Gasteiger partial charge in [0.15, 0.2) is 0 Å². The fourth-order valence-corrected chi connectivity index (χ4v) is 2.26. The molecule has 0 spiro atoms. The topological polar surface area (TPSA) is 35.2 Å². The molecule has 0 aromatic heterocycles. The fraction of sp³-hybridized carbons (Fsp3) is 0.143. The van der Waals surface area contributed by atoms with E-state index in [1.165, 1.54) is 7.11 Å². The van der Waals surface area contributed by atoms with Crippen LogP contribution in [0.3, 0.4) is 0 Å². The van der Waals surface area contributed by atoms with Crippen LogP contribution in [0.1, 0.15) is 17.2 Å². The second-order valence-electron chi connectivity index (χ2n) is 4.04. The molecule has 19 heavy (non-hydrogen) atoms. The van der Waals surface area contributed by atoms with Crippen LogP contribution in [0.5, 0.6) is 5.75 Å². The van der Waals surface area contributed by atoms with Gasteiger partial charge in [-0.05, 0) is 17.7 Å². The van der Waals surface area contributed by atoms with E-state index in [0.29, 0.717) is 5.56 Å². The average Bonchev–Trinajstić information content (AvgIpc) is 2.37. The Morgan fingerprint density at radius 1 is 1.16 bits per heavy atom. The smallest absolute Gasteiger partial charge is 0.134 e. The van der Waals surface area contributed by atoms with Gasteiger partial charge in [-0.2, -0.15) is 0 Å². The lowest BCUT2D eigenvalue weighted by molar-refractivity contribution is 0.404. The minimum absolute atomic E-state index is 0.125. The van der Waals surface area contributed by atoms with Gasteiger partial charge in [0.05, 0.1) is 13.2 Å². The van der Waals surface area contributed by atoms with Gasteiger partial charge in [-0.1, -0.05) is 28.1 Å². The van der Waals surface area contributed by atoms with E-state index in [9.17, 15) is 8.78 Å². The van der Waals surface area contributed by atoms with Crippen LogP contribution >= 0.6 is 15.9 Å². The summed E-state index contributed by atoms with van der Waals surface area (Å²) in [5.41, 5.74) is 6.39. The number of rotatable bonds is 3. The molecule has 0 radical (unpaired) electrons. The van der Waals surface area contributed by atoms with E-state index in [1.807, 2.05) is 6.07 Å². The third kappa shape index (κ3) is 2.93. The highest BCUT2D eigenvalue weighted by molar-refractivity contribution is 9.10. The van der Waals surface area contributed by atoms with Crippen LogP contribution in [0.2, 0.25) is 0 Å². The highest BCUT2D eigenvalue weighted by atomic mass is 79.9. The highest BCUT2D eigenvalue weighted by Crippen LogP contribution is 2.29. The van der Waals surface area contributed by atoms with E-state index in [4.69, 9.17) is 10.5 Å². The van der Waals surface area contributed by atoms with E-state index in [0.717, 1.165) is 16.6 Å². The van der Waals surface area contributed by atoms with Gasteiger partial charge in [0.25, 0.3) is 0 Å². The highest BCUT2D eigenvalue weighted by Gasteiger charge is 2.20. The maximum Gasteiger partial charge on any atom is 0.134 e. The summed E-state index contributed by atoms with van der Waals surface area (Å²) in [7, 11) is 1.35. The SMILES string of the molecule is COc1cc(F)c(C(N)c2cccc(Br)c2)c(F)c1. The molecule has 0 aliphatic heterocycles. The first kappa shape index (κ1) is 14.0. The summed E-state index contributed by atoms with van der Waals surface area (Å²) in [4.78, 5) is 0. The lowest BCUT2D eigenvalue weighted by atomic mass is 9.98. The van der Waals surface area contributed by atoms with Gasteiger partial charge in [-0.25, -0.2) is 8.78 Å². The summed E-state index contributed by atoms with van der Waals surface area (Å²) >= 11 is 3.30. The van der Waals surface area contributed by atoms with E-state index < -0.39 is 17.7 Å². The van der Waals surface area contributed by atoms with Crippen molar-refractivity contribution in [2.75, 3.05) is 7.11 Å². The Morgan fingerprint density at radius 2 is 1.79 bits per heavy atom. The van der Waals surface area contributed by atoms with Crippen LogP contribution in [-0.4, -0.2) is 7.11 Å². The lowest BCUT2D eigenvalue weighted by Gasteiger charge is -2.15. The standard InChI is InChI=1S/C14H12BrF2NO/c1-19-10-6-11(16)13(12(17)7-10)14(18)8-3-2-4-9(15)5-8/h2-7,14H,18H2,1H3. The Labute approximate surface area is 118 Å². The van der Waals surface area contributed by atoms with Crippen molar-refractivity contribution in [3.8, 4) is 5.75 Å². The van der Waals surface area contributed by atoms with E-state index >= 15 is 0 Å². The molecule has 2 aromatic rings. The van der Waals surface area contributed by atoms with Gasteiger partial charge >= 0.3 is 0 Å². The number of nitrogens with two attached hydrogens (primary N) is 1. The van der Waals surface area contributed by atoms with Gasteiger partial charge in [0, 0.05) is 22.2 Å². The molecule has 0 aliphatic rings. The maximum absolute atomic E-state index is 13.9. The summed E-state index contributed by atoms with van der Waals surface area (Å²) < 4.78 is 33.5. The Balaban J connectivity index is 2.47. The molecule has 0 saturated heterocycles. The molecule has 2 rings (SSSR count). The minimum Gasteiger partial charge on any atom is -0.497 e. The first-order valence-electron chi connectivity index (χ1n) is 5.57. The lowest BCUT2D eigenvalue weighted by Crippen LogP contribution is -2.15. The summed E-state index contributed by atoms with van der Waals surface area (Å²) in [5.74, 6) is -1.31. The summed E-state index contributed by atoms with van der Waals surface area (Å²) in [6, 6.07) is 8.40. The summed E-state index contributed by atoms with van der Waals surface area (Å²) in [6.07, 6.45) is 0. The zero-order chi connectivity index (χ0) is 14.0. The average molecular weight is 328 g/mol. The molecule has 5 heteroatoms. The van der Waals surface area contributed by atoms with Crippen molar-refractivity contribution in [3.63, 3.8) is 0 Å². The molecule has 1 atom stereocenters. The van der Waals surface area contributed by atoms with Crippen molar-refractivity contribution in [1.29, 1.82) is 0 Å². The van der Waals surface area contributed by atoms with Crippen molar-refractivity contribution < 1.29 is 13.5 Å². The van der Waals surface area contributed by atoms with Gasteiger partial charge in [-0.3, -0.25) is 0 Å². The predicted octanol–water partition coefficient (Wildman–Crippen LogP) is 3.78. The van der Waals surface area contributed by atoms with Gasteiger partial charge in [0.2, 0.25) is 0 Å². The van der Waals surface area contributed by atoms with E-state index in [1.54, 1.807) is 18.2 Å². The molecule has 0 heterocycles. The molecule has 0 fully saturated rings. The molecule has 1 unspecified atom stereocenters. The van der Waals surface area contributed by atoms with Crippen LogP contribution in [0.25, 0.3) is 0 Å². The Morgan fingerprint density at radius 3 is 2.32 bits per heavy atom. The summed E-state index contributed by atoms with van der Waals surface area (Å²) in [6.45, 7) is 0. The van der Waals surface area contributed by atoms with Crippen molar-refractivity contribution in [2.45, 2.75) is 6.04 Å². The van der Waals surface area contributed by atoms with Crippen LogP contribution in [0.15, 0.2) is 40.9 Å². The molecule has 0 aliphatic carbocycles. The molecule has 100 valence electrons. The third-order valence-electron chi connectivity index (χ3n) is 2.81. The Hall–Kier alpha value is -1.46. The molecular formula is C14H12BrF2NO. The summed E-state index contributed by atoms with van der Waals surface area (Å²) in [5, 5.41) is 0. The minimum atomic E-state index is -0.872. The molecule has 0 amide bonds. The number of hydrogen-bond donors (Lipinski definition) is 1. The first-order valence-corrected chi connectivity index (χ1v) is 6.36. The van der Waals surface area contributed by atoms with Gasteiger partial charge in [-0.15, -0.1) is 0 Å². The number of ether oxygens (including phenoxy) is 1. The van der Waals surface area contributed by atoms with Crippen molar-refractivity contribution in [2.24, 2.45) is 5.73 Å². The monoisotopic (exact) mass is 327 g/mol. The molecule has 0 saturated carbocycles. The quantitative estimate of drug-likeness (QED) is 0.931. The molecular weight excluding hydrogens is 316 g/mol. The van der Waals surface area contributed by atoms with Crippen LogP contribution < -0.4 is 10.5 Å². The van der Waals surface area contributed by atoms with Crippen molar-refractivity contribution in [1.82, 2.24) is 0 Å². The molecule has 2 nitrogen and oxygen atoms in total. The van der Waals surface area contributed by atoms with Crippen molar-refractivity contribution >= 4 is 15.9 Å². The zero-order valence-electron chi connectivity index (χ0n) is 10.2. The van der Waals surface area contributed by atoms with Crippen LogP contribution in [0, 0.1) is 11.6 Å². The third-order valence-corrected chi connectivity index (χ3v) is 3.30. The normalized spacial score (nSPS) is 12.3. The molecule has 0 bridgehead atoms. The van der Waals surface area contributed by atoms with Crippen LogP contribution in [0.4, 0.5) is 8.78 Å². The number of methoxy groups -OCH3 is 1. The fourth-order valence-electron chi connectivity index (χ4n) is 1.84. The Bertz CT molecular complexity index is 581. The first-order chi connectivity index (χ1) is 9.02. The van der Waals surface area contributed by atoms with Gasteiger partial charge in [0.1, 0.15) is 17.4 Å². The second kappa shape index (κ2) is 5.67. The zero-order valence-corrected chi connectivity index (χ0v) is 11.7. The molecule has 2 N–H and O–H groups in total. The van der Waals surface area contributed by atoms with Crippen LogP contribution in [-0.2, 0) is 0 Å². The maximum atomic E-state index is 13.9. The Kier molecular flexibility index (Phi) is 4.17. The molecule has 2 aromatic carbocycles. The van der Waals surface area contributed by atoms with Crippen molar-refractivity contribution in [3.05, 3.63) is 63.6 Å². The number of halogens is 3. The largest absolute Gasteiger partial charge is 0.497 e. The van der Waals surface area contributed by atoms with E-state index in [2.05, 4.69) is 15.9 Å². The van der Waals surface area contributed by atoms with E-state index in [-0.39, 0.29) is 11.3 Å². The second-order valence-corrected chi connectivity index (χ2v) is 4.95. The predicted molar refractivity (Wildman–Crippen MR) is 73.1 cm³/mol.